The molecule has 1 saturated heterocycles. The minimum absolute atomic E-state index is 0.103. The van der Waals surface area contributed by atoms with Crippen LogP contribution in [0.15, 0.2) is 30.9 Å². The Morgan fingerprint density at radius 3 is 2.91 bits per heavy atom. The molecule has 8 nitrogen and oxygen atoms in total. The van der Waals surface area contributed by atoms with Gasteiger partial charge in [-0.2, -0.15) is 10.2 Å². The van der Waals surface area contributed by atoms with E-state index in [2.05, 4.69) is 15.5 Å². The molecule has 3 rings (SSSR count). The van der Waals surface area contributed by atoms with Crippen LogP contribution in [0.3, 0.4) is 0 Å². The smallest absolute Gasteiger partial charge is 0.249 e. The van der Waals surface area contributed by atoms with Crippen LogP contribution in [-0.2, 0) is 16.6 Å². The monoisotopic (exact) mass is 302 g/mol. The van der Waals surface area contributed by atoms with Crippen LogP contribution in [-0.4, -0.2) is 44.0 Å². The summed E-state index contributed by atoms with van der Waals surface area (Å²) < 4.78 is 3.21. The van der Waals surface area contributed by atoms with Gasteiger partial charge in [0.05, 0.1) is 11.9 Å². The predicted molar refractivity (Wildman–Crippen MR) is 79.0 cm³/mol. The molecular weight excluding hydrogens is 284 g/mol. The molecule has 2 aromatic rings. The van der Waals surface area contributed by atoms with E-state index in [0.29, 0.717) is 13.0 Å². The third-order valence-corrected chi connectivity index (χ3v) is 3.83. The van der Waals surface area contributed by atoms with Crippen LogP contribution < -0.4 is 10.2 Å². The van der Waals surface area contributed by atoms with Crippen LogP contribution in [0.4, 0.5) is 5.69 Å². The Morgan fingerprint density at radius 1 is 1.45 bits per heavy atom. The van der Waals surface area contributed by atoms with Crippen LogP contribution >= 0.6 is 0 Å². The molecule has 1 fully saturated rings. The van der Waals surface area contributed by atoms with E-state index < -0.39 is 12.1 Å². The normalized spacial score (nSPS) is 19.5. The van der Waals surface area contributed by atoms with E-state index in [1.54, 1.807) is 59.1 Å². The molecule has 0 bridgehead atoms. The molecule has 0 aromatic carbocycles. The number of hydrogen-bond acceptors (Lipinski definition) is 4. The zero-order valence-corrected chi connectivity index (χ0v) is 12.5. The fraction of sp³-hybridized carbons (Fsp3) is 0.429. The Labute approximate surface area is 127 Å². The Hall–Kier alpha value is -2.64. The van der Waals surface area contributed by atoms with Crippen molar-refractivity contribution in [3.05, 3.63) is 30.9 Å². The highest BCUT2D eigenvalue weighted by atomic mass is 16.2. The molecule has 0 saturated carbocycles. The van der Waals surface area contributed by atoms with Crippen LogP contribution in [0.5, 0.6) is 0 Å². The third kappa shape index (κ3) is 2.59. The first-order valence-electron chi connectivity index (χ1n) is 7.16. The average Bonchev–Trinajstić information content (AvgIpc) is 3.21. The largest absolute Gasteiger partial charge is 0.342 e. The van der Waals surface area contributed by atoms with Crippen molar-refractivity contribution in [3.63, 3.8) is 0 Å². The molecule has 22 heavy (non-hydrogen) atoms. The van der Waals surface area contributed by atoms with Crippen molar-refractivity contribution in [2.45, 2.75) is 25.4 Å². The maximum Gasteiger partial charge on any atom is 0.249 e. The lowest BCUT2D eigenvalue weighted by Crippen LogP contribution is -2.44. The number of aromatic nitrogens is 4. The summed E-state index contributed by atoms with van der Waals surface area (Å²) in [6.07, 6.45) is 7.37. The summed E-state index contributed by atoms with van der Waals surface area (Å²) >= 11 is 0. The van der Waals surface area contributed by atoms with Crippen molar-refractivity contribution in [2.75, 3.05) is 11.4 Å². The number of rotatable bonds is 4. The number of anilines is 1. The highest BCUT2D eigenvalue weighted by Crippen LogP contribution is 2.21. The summed E-state index contributed by atoms with van der Waals surface area (Å²) in [5, 5.41) is 10.9. The first-order valence-corrected chi connectivity index (χ1v) is 7.16. The Bertz CT molecular complexity index is 677. The van der Waals surface area contributed by atoms with Gasteiger partial charge in [0.15, 0.2) is 0 Å². The molecule has 1 N–H and O–H groups in total. The van der Waals surface area contributed by atoms with Crippen molar-refractivity contribution in [1.82, 2.24) is 24.9 Å². The summed E-state index contributed by atoms with van der Waals surface area (Å²) in [5.41, 5.74) is 0.754. The van der Waals surface area contributed by atoms with Crippen molar-refractivity contribution in [3.8, 4) is 0 Å². The van der Waals surface area contributed by atoms with E-state index in [1.165, 1.54) is 0 Å². The summed E-state index contributed by atoms with van der Waals surface area (Å²) in [5.74, 6) is -0.316. The zero-order valence-electron chi connectivity index (χ0n) is 12.5. The fourth-order valence-corrected chi connectivity index (χ4v) is 2.54. The number of carbonyl (C=O) groups excluding carboxylic acids is 2. The summed E-state index contributed by atoms with van der Waals surface area (Å²) in [6.45, 7) is 2.33. The molecule has 116 valence electrons. The van der Waals surface area contributed by atoms with Crippen molar-refractivity contribution >= 4 is 17.5 Å². The van der Waals surface area contributed by atoms with Crippen LogP contribution in [0.1, 0.15) is 19.4 Å². The Kier molecular flexibility index (Phi) is 3.66. The maximum absolute atomic E-state index is 12.4. The highest BCUT2D eigenvalue weighted by Gasteiger charge is 2.35. The summed E-state index contributed by atoms with van der Waals surface area (Å²) in [6, 6.07) is 0.815. The number of hydrogen-bond donors (Lipinski definition) is 1. The number of amides is 2. The number of nitrogens with one attached hydrogen (secondary N) is 1. The van der Waals surface area contributed by atoms with E-state index in [9.17, 15) is 9.59 Å². The predicted octanol–water partition coefficient (Wildman–Crippen LogP) is 0.0993. The van der Waals surface area contributed by atoms with Crippen molar-refractivity contribution < 1.29 is 9.59 Å². The quantitative estimate of drug-likeness (QED) is 0.868. The van der Waals surface area contributed by atoms with Gasteiger partial charge in [-0.05, 0) is 19.4 Å². The van der Waals surface area contributed by atoms with Gasteiger partial charge in [-0.3, -0.25) is 19.0 Å². The van der Waals surface area contributed by atoms with Gasteiger partial charge in [0.25, 0.3) is 0 Å². The molecule has 2 aromatic heterocycles. The molecule has 2 amide bonds. The second-order valence-electron chi connectivity index (χ2n) is 5.37. The first-order chi connectivity index (χ1) is 10.6. The highest BCUT2D eigenvalue weighted by molar-refractivity contribution is 6.01. The number of aryl methyl sites for hydroxylation is 1. The molecule has 0 unspecified atom stereocenters. The van der Waals surface area contributed by atoms with Crippen LogP contribution in [0.2, 0.25) is 0 Å². The lowest BCUT2D eigenvalue weighted by atomic mass is 10.2. The van der Waals surface area contributed by atoms with Gasteiger partial charge in [0.2, 0.25) is 11.8 Å². The minimum Gasteiger partial charge on any atom is -0.342 e. The SMILES string of the molecule is C[C@H](C(=O)N[C@@H]1CCN(c2cnn(C)c2)C1=O)n1cccn1. The summed E-state index contributed by atoms with van der Waals surface area (Å²) in [4.78, 5) is 26.3. The average molecular weight is 302 g/mol. The molecular formula is C14H18N6O2. The van der Waals surface area contributed by atoms with Gasteiger partial charge in [-0.1, -0.05) is 0 Å². The van der Waals surface area contributed by atoms with E-state index >= 15 is 0 Å². The fourth-order valence-electron chi connectivity index (χ4n) is 2.54. The number of nitrogens with zero attached hydrogens (tertiary/aromatic N) is 5. The van der Waals surface area contributed by atoms with Gasteiger partial charge in [-0.15, -0.1) is 0 Å². The topological polar surface area (TPSA) is 85.0 Å². The van der Waals surface area contributed by atoms with Gasteiger partial charge in [-0.25, -0.2) is 0 Å². The second kappa shape index (κ2) is 5.63. The molecule has 3 heterocycles. The lowest BCUT2D eigenvalue weighted by molar-refractivity contribution is -0.128. The van der Waals surface area contributed by atoms with E-state index in [1.807, 2.05) is 0 Å². The van der Waals surface area contributed by atoms with E-state index in [4.69, 9.17) is 0 Å². The Morgan fingerprint density at radius 2 is 2.27 bits per heavy atom. The first kappa shape index (κ1) is 14.3. The van der Waals surface area contributed by atoms with Crippen LogP contribution in [0.25, 0.3) is 0 Å². The molecule has 8 heteroatoms. The van der Waals surface area contributed by atoms with E-state index in [0.717, 1.165) is 5.69 Å². The minimum atomic E-state index is -0.495. The van der Waals surface area contributed by atoms with E-state index in [-0.39, 0.29) is 11.8 Å². The van der Waals surface area contributed by atoms with Crippen LogP contribution in [0, 0.1) is 0 Å². The van der Waals surface area contributed by atoms with Gasteiger partial charge < -0.3 is 10.2 Å². The van der Waals surface area contributed by atoms with Crippen molar-refractivity contribution in [1.29, 1.82) is 0 Å². The summed E-state index contributed by atoms with van der Waals surface area (Å²) in [7, 11) is 1.80. The zero-order chi connectivity index (χ0) is 15.7. The third-order valence-electron chi connectivity index (χ3n) is 3.83. The molecule has 0 spiro atoms. The number of carbonyl (C=O) groups is 2. The molecule has 0 radical (unpaired) electrons. The molecule has 1 aliphatic rings. The molecule has 0 aliphatic carbocycles. The molecule has 2 atom stereocenters. The standard InChI is InChI=1S/C14H18N6O2/c1-10(20-6-3-5-15-20)13(21)17-12-4-7-19(14(12)22)11-8-16-18(2)9-11/h3,5-6,8-10,12H,4,7H2,1-2H3,(H,17,21)/t10-,12-/m1/s1. The second-order valence-corrected chi connectivity index (χ2v) is 5.37. The van der Waals surface area contributed by atoms with Crippen molar-refractivity contribution in [2.24, 2.45) is 7.05 Å². The lowest BCUT2D eigenvalue weighted by Gasteiger charge is -2.17. The Balaban J connectivity index is 1.64. The van der Waals surface area contributed by atoms with Gasteiger partial charge >= 0.3 is 0 Å². The maximum atomic E-state index is 12.4. The molecule has 1 aliphatic heterocycles. The van der Waals surface area contributed by atoms with Gasteiger partial charge in [0, 0.05) is 32.2 Å². The van der Waals surface area contributed by atoms with Gasteiger partial charge in [0.1, 0.15) is 12.1 Å².